The first-order valence-corrected chi connectivity index (χ1v) is 9.43. The van der Waals surface area contributed by atoms with E-state index in [9.17, 15) is 0 Å². The lowest BCUT2D eigenvalue weighted by atomic mass is 10.3. The lowest BCUT2D eigenvalue weighted by Crippen LogP contribution is -3.00. The van der Waals surface area contributed by atoms with Crippen molar-refractivity contribution in [1.29, 1.82) is 0 Å². The van der Waals surface area contributed by atoms with Gasteiger partial charge in [0.25, 0.3) is 5.01 Å². The molecule has 2 aromatic carbocycles. The maximum absolute atomic E-state index is 6.12. The van der Waals surface area contributed by atoms with E-state index in [2.05, 4.69) is 41.8 Å². The van der Waals surface area contributed by atoms with Crippen molar-refractivity contribution in [3.63, 3.8) is 0 Å². The number of fused-ring (bicyclic) bond motifs is 2. The quantitative estimate of drug-likeness (QED) is 0.370. The lowest BCUT2D eigenvalue weighted by Gasteiger charge is -2.12. The van der Waals surface area contributed by atoms with E-state index in [1.165, 1.54) is 19.6 Å². The van der Waals surface area contributed by atoms with Crippen LogP contribution in [0.4, 0.5) is 5.69 Å². The number of aryl methyl sites for hydroxylation is 1. The topological polar surface area (TPSA) is 7.12 Å². The summed E-state index contributed by atoms with van der Waals surface area (Å²) in [6.07, 6.45) is 2.22. The molecule has 4 rings (SSSR count). The second-order valence-electron chi connectivity index (χ2n) is 5.37. The van der Waals surface area contributed by atoms with Gasteiger partial charge in [0, 0.05) is 28.1 Å². The molecule has 24 heavy (non-hydrogen) atoms. The average Bonchev–Trinajstić information content (AvgIpc) is 2.99. The molecule has 7 heteroatoms. The van der Waals surface area contributed by atoms with Gasteiger partial charge in [-0.05, 0) is 30.3 Å². The van der Waals surface area contributed by atoms with Gasteiger partial charge in [0.15, 0.2) is 0 Å². The van der Waals surface area contributed by atoms with Gasteiger partial charge < -0.3 is 28.9 Å². The Morgan fingerprint density at radius 1 is 1.08 bits per heavy atom. The zero-order chi connectivity index (χ0) is 16.1. The van der Waals surface area contributed by atoms with Crippen LogP contribution in [-0.2, 0) is 7.05 Å². The van der Waals surface area contributed by atoms with Gasteiger partial charge >= 0.3 is 0 Å². The highest BCUT2D eigenvalue weighted by molar-refractivity contribution is 8.03. The van der Waals surface area contributed by atoms with Crippen molar-refractivity contribution < 1.29 is 28.5 Å². The molecule has 0 unspecified atom stereocenters. The number of anilines is 1. The molecule has 0 N–H and O–H groups in total. The molecule has 3 aromatic rings. The number of thioether (sulfide) groups is 1. The number of aromatic nitrogens is 1. The maximum Gasteiger partial charge on any atom is 0.265 e. The Balaban J connectivity index is 0.00000169. The van der Waals surface area contributed by atoms with E-state index in [0.29, 0.717) is 0 Å². The molecule has 0 spiro atoms. The summed E-state index contributed by atoms with van der Waals surface area (Å²) in [5, 5.41) is 3.91. The van der Waals surface area contributed by atoms with Gasteiger partial charge in [0.2, 0.25) is 5.52 Å². The van der Waals surface area contributed by atoms with Crippen LogP contribution in [0.3, 0.4) is 0 Å². The summed E-state index contributed by atoms with van der Waals surface area (Å²) >= 11 is 15.8. The predicted octanol–water partition coefficient (Wildman–Crippen LogP) is 2.58. The molecule has 0 aliphatic carbocycles. The molecule has 1 aliphatic rings. The zero-order valence-electron chi connectivity index (χ0n) is 12.9. The van der Waals surface area contributed by atoms with Crippen LogP contribution in [0.1, 0.15) is 5.01 Å². The fourth-order valence-corrected chi connectivity index (χ4v) is 5.18. The number of hydrogen-bond donors (Lipinski definition) is 0. The highest BCUT2D eigenvalue weighted by Crippen LogP contribution is 2.46. The maximum atomic E-state index is 6.12. The molecule has 0 amide bonds. The first-order chi connectivity index (χ1) is 11.0. The summed E-state index contributed by atoms with van der Waals surface area (Å²) < 4.78 is 3.42. The van der Waals surface area contributed by atoms with Crippen molar-refractivity contribution in [1.82, 2.24) is 0 Å². The Hall–Kier alpha value is -0.470. The van der Waals surface area contributed by atoms with Gasteiger partial charge in [-0.2, -0.15) is 4.57 Å². The van der Waals surface area contributed by atoms with Crippen LogP contribution in [0.15, 0.2) is 46.3 Å². The molecule has 0 fully saturated rings. The molecule has 0 atom stereocenters. The summed E-state index contributed by atoms with van der Waals surface area (Å²) in [7, 11) is 4.15. The first kappa shape index (κ1) is 18.3. The number of halogens is 3. The molecular formula is C17H13Cl2IN2S2. The van der Waals surface area contributed by atoms with E-state index in [4.69, 9.17) is 23.2 Å². The number of benzene rings is 2. The molecule has 0 radical (unpaired) electrons. The molecule has 2 nitrogen and oxygen atoms in total. The van der Waals surface area contributed by atoms with Gasteiger partial charge in [-0.15, -0.1) is 0 Å². The van der Waals surface area contributed by atoms with E-state index in [1.54, 1.807) is 23.1 Å². The molecule has 1 aliphatic heterocycles. The minimum atomic E-state index is 0. The van der Waals surface area contributed by atoms with Crippen LogP contribution >= 0.6 is 46.3 Å². The van der Waals surface area contributed by atoms with Gasteiger partial charge in [0.1, 0.15) is 11.7 Å². The monoisotopic (exact) mass is 506 g/mol. The second-order valence-corrected chi connectivity index (χ2v) is 8.36. The van der Waals surface area contributed by atoms with Crippen molar-refractivity contribution in [2.45, 2.75) is 4.90 Å². The number of hydrogen-bond acceptors (Lipinski definition) is 3. The fraction of sp³-hybridized carbons (Fsp3) is 0.118. The third-order valence-electron chi connectivity index (χ3n) is 3.90. The molecule has 1 aromatic heterocycles. The van der Waals surface area contributed by atoms with Crippen LogP contribution in [0.5, 0.6) is 0 Å². The van der Waals surface area contributed by atoms with Crippen LogP contribution in [-0.4, -0.2) is 7.05 Å². The minimum absolute atomic E-state index is 0. The van der Waals surface area contributed by atoms with Crippen molar-refractivity contribution >= 4 is 68.3 Å². The first-order valence-electron chi connectivity index (χ1n) is 7.04. The van der Waals surface area contributed by atoms with Crippen LogP contribution < -0.4 is 33.4 Å². The zero-order valence-corrected chi connectivity index (χ0v) is 18.2. The standard InChI is InChI=1S/C17H13Cl2N2S2.HI/c1-20-12-7-10(18)3-5-14(12)22-16(20)9-17-21(2)13-8-11(19)4-6-15(13)23-17;/h3-9H,1-2H3;1H/q+1;/p-1. The largest absolute Gasteiger partial charge is 1.00 e. The van der Waals surface area contributed by atoms with E-state index in [-0.39, 0.29) is 24.0 Å². The minimum Gasteiger partial charge on any atom is -1.00 e. The molecule has 124 valence electrons. The number of nitrogens with zero attached hydrogens (tertiary/aromatic N) is 2. The Morgan fingerprint density at radius 2 is 1.79 bits per heavy atom. The molecule has 0 bridgehead atoms. The van der Waals surface area contributed by atoms with Crippen molar-refractivity contribution in [2.75, 3.05) is 11.9 Å². The smallest absolute Gasteiger partial charge is 0.265 e. The summed E-state index contributed by atoms with van der Waals surface area (Å²) in [5.41, 5.74) is 2.31. The summed E-state index contributed by atoms with van der Waals surface area (Å²) in [4.78, 5) is 3.42. The number of rotatable bonds is 1. The molecule has 0 saturated carbocycles. The Morgan fingerprint density at radius 3 is 2.58 bits per heavy atom. The van der Waals surface area contributed by atoms with E-state index < -0.39 is 0 Å². The summed E-state index contributed by atoms with van der Waals surface area (Å²) in [6.45, 7) is 0. The highest BCUT2D eigenvalue weighted by Gasteiger charge is 2.24. The van der Waals surface area contributed by atoms with Gasteiger partial charge in [-0.25, -0.2) is 0 Å². The number of thiazole rings is 1. The average molecular weight is 507 g/mol. The Labute approximate surface area is 176 Å². The van der Waals surface area contributed by atoms with E-state index >= 15 is 0 Å². The lowest BCUT2D eigenvalue weighted by molar-refractivity contribution is -0.642. The van der Waals surface area contributed by atoms with Gasteiger partial charge in [-0.3, -0.25) is 0 Å². The molecule has 0 saturated heterocycles. The van der Waals surface area contributed by atoms with E-state index in [1.807, 2.05) is 24.3 Å². The Kier molecular flexibility index (Phi) is 5.37. The van der Waals surface area contributed by atoms with Crippen LogP contribution in [0.25, 0.3) is 16.3 Å². The summed E-state index contributed by atoms with van der Waals surface area (Å²) in [6, 6.07) is 12.0. The van der Waals surface area contributed by atoms with Crippen molar-refractivity contribution in [3.05, 3.63) is 56.5 Å². The Bertz CT molecular complexity index is 969. The van der Waals surface area contributed by atoms with Crippen LogP contribution in [0.2, 0.25) is 10.0 Å². The normalized spacial score (nSPS) is 15.0. The van der Waals surface area contributed by atoms with E-state index in [0.717, 1.165) is 21.2 Å². The highest BCUT2D eigenvalue weighted by atomic mass is 127. The molecular weight excluding hydrogens is 494 g/mol. The second kappa shape index (κ2) is 7.03. The van der Waals surface area contributed by atoms with Crippen molar-refractivity contribution in [3.8, 4) is 0 Å². The van der Waals surface area contributed by atoms with Crippen LogP contribution in [0, 0.1) is 0 Å². The van der Waals surface area contributed by atoms with Crippen molar-refractivity contribution in [2.24, 2.45) is 7.05 Å². The fourth-order valence-electron chi connectivity index (χ4n) is 2.64. The van der Waals surface area contributed by atoms with Gasteiger partial charge in [0.05, 0.1) is 16.8 Å². The predicted molar refractivity (Wildman–Crippen MR) is 102 cm³/mol. The van der Waals surface area contributed by atoms with Gasteiger partial charge in [-0.1, -0.05) is 46.3 Å². The third kappa shape index (κ3) is 3.17. The summed E-state index contributed by atoms with van der Waals surface area (Å²) in [5.74, 6) is 0. The molecule has 2 heterocycles. The SMILES string of the molecule is CN1/C(=C/c2sc3ccc(Cl)cc3[n+]2C)Sc2ccc(Cl)cc21.[I-]. The third-order valence-corrected chi connectivity index (χ3v) is 6.70.